The van der Waals surface area contributed by atoms with Crippen molar-refractivity contribution in [1.29, 1.82) is 5.26 Å². The molecule has 1 aliphatic rings. The molecule has 1 saturated carbocycles. The van der Waals surface area contributed by atoms with Gasteiger partial charge in [0, 0.05) is 24.3 Å². The number of aromatic nitrogens is 3. The van der Waals surface area contributed by atoms with Crippen LogP contribution in [0.5, 0.6) is 0 Å². The van der Waals surface area contributed by atoms with Gasteiger partial charge in [0.2, 0.25) is 5.91 Å². The van der Waals surface area contributed by atoms with E-state index in [4.69, 9.17) is 11.0 Å². The molecule has 2 aromatic carbocycles. The Bertz CT molecular complexity index is 1430. The van der Waals surface area contributed by atoms with Gasteiger partial charge in [0.25, 0.3) is 0 Å². The van der Waals surface area contributed by atoms with Gasteiger partial charge in [0.15, 0.2) is 0 Å². The molecule has 0 bridgehead atoms. The molecule has 2 aromatic heterocycles. The number of hydrogen-bond acceptors (Lipinski definition) is 5. The molecule has 1 fully saturated rings. The van der Waals surface area contributed by atoms with Crippen molar-refractivity contribution >= 4 is 39.2 Å². The third-order valence-electron chi connectivity index (χ3n) is 5.63. The fraction of sp³-hybridized carbons (Fsp3) is 0.182. The number of aromatic amines is 1. The summed E-state index contributed by atoms with van der Waals surface area (Å²) in [5.41, 5.74) is 8.59. The largest absolute Gasteiger partial charge is 0.398 e. The van der Waals surface area contributed by atoms with Crippen molar-refractivity contribution < 1.29 is 4.79 Å². The van der Waals surface area contributed by atoms with Gasteiger partial charge in [-0.15, -0.1) is 0 Å². The standard InChI is InChI=1S/C22H18N6O2/c1-27(21(29)15-7-13(15)10-23)20-8-12-6-14(9-17(24)16(12)11-25-20)28-19-5-3-2-4-18(19)26-22(28)30/h2-6,8-9,11,13,15H,7,24H2,1H3,(H,26,30)/t13?,15-/m0/s1. The lowest BCUT2D eigenvalue weighted by atomic mass is 10.1. The molecule has 8 nitrogen and oxygen atoms in total. The first-order chi connectivity index (χ1) is 14.5. The van der Waals surface area contributed by atoms with Crippen LogP contribution in [0, 0.1) is 23.2 Å². The Balaban J connectivity index is 1.61. The Labute approximate surface area is 171 Å². The van der Waals surface area contributed by atoms with Crippen LogP contribution in [0.4, 0.5) is 11.5 Å². The van der Waals surface area contributed by atoms with Gasteiger partial charge in [0.05, 0.1) is 34.6 Å². The minimum atomic E-state index is -0.265. The Kier molecular flexibility index (Phi) is 3.86. The topological polar surface area (TPSA) is 121 Å². The predicted molar refractivity (Wildman–Crippen MR) is 114 cm³/mol. The van der Waals surface area contributed by atoms with Gasteiger partial charge in [0.1, 0.15) is 5.82 Å². The molecule has 2 atom stereocenters. The quantitative estimate of drug-likeness (QED) is 0.514. The molecule has 1 unspecified atom stereocenters. The SMILES string of the molecule is CN(C(=O)[C@H]1CC1C#N)c1cc2cc(-n3c(=O)[nH]c4ccccc43)cc(N)c2cn1. The minimum absolute atomic E-state index is 0.120. The van der Waals surface area contributed by atoms with E-state index in [9.17, 15) is 9.59 Å². The summed E-state index contributed by atoms with van der Waals surface area (Å²) >= 11 is 0. The average molecular weight is 398 g/mol. The molecule has 0 spiro atoms. The maximum atomic E-state index is 12.6. The van der Waals surface area contributed by atoms with Gasteiger partial charge in [-0.3, -0.25) is 14.3 Å². The zero-order valence-electron chi connectivity index (χ0n) is 16.2. The zero-order chi connectivity index (χ0) is 21.0. The van der Waals surface area contributed by atoms with Crippen LogP contribution in [0.15, 0.2) is 53.5 Å². The zero-order valence-corrected chi connectivity index (χ0v) is 16.2. The van der Waals surface area contributed by atoms with Crippen molar-refractivity contribution in [3.05, 3.63) is 59.1 Å². The number of rotatable bonds is 3. The highest BCUT2D eigenvalue weighted by Crippen LogP contribution is 2.39. The molecule has 8 heteroatoms. The lowest BCUT2D eigenvalue weighted by molar-refractivity contribution is -0.119. The summed E-state index contributed by atoms with van der Waals surface area (Å²) in [4.78, 5) is 33.8. The first-order valence-corrected chi connectivity index (χ1v) is 9.54. The number of fused-ring (bicyclic) bond motifs is 2. The number of H-pyrrole nitrogens is 1. The van der Waals surface area contributed by atoms with Crippen molar-refractivity contribution in [3.63, 3.8) is 0 Å². The summed E-state index contributed by atoms with van der Waals surface area (Å²) in [6.07, 6.45) is 2.22. The molecule has 5 rings (SSSR count). The molecule has 1 amide bonds. The molecule has 2 heterocycles. The average Bonchev–Trinajstić information content (AvgIpc) is 3.46. The highest BCUT2D eigenvalue weighted by atomic mass is 16.2. The summed E-state index contributed by atoms with van der Waals surface area (Å²) < 4.78 is 1.57. The summed E-state index contributed by atoms with van der Waals surface area (Å²) in [6.45, 7) is 0. The van der Waals surface area contributed by atoms with Gasteiger partial charge < -0.3 is 10.7 Å². The van der Waals surface area contributed by atoms with Crippen LogP contribution in [0.2, 0.25) is 0 Å². The Morgan fingerprint density at radius 2 is 2.13 bits per heavy atom. The second-order valence-electron chi connectivity index (χ2n) is 7.56. The molecule has 0 aliphatic heterocycles. The van der Waals surface area contributed by atoms with Crippen LogP contribution in [-0.2, 0) is 4.79 Å². The molecular weight excluding hydrogens is 380 g/mol. The van der Waals surface area contributed by atoms with Gasteiger partial charge in [-0.25, -0.2) is 9.78 Å². The van der Waals surface area contributed by atoms with E-state index in [1.165, 1.54) is 4.90 Å². The minimum Gasteiger partial charge on any atom is -0.398 e. The van der Waals surface area contributed by atoms with Gasteiger partial charge in [-0.1, -0.05) is 12.1 Å². The molecule has 148 valence electrons. The number of nitriles is 1. The number of anilines is 2. The van der Waals surface area contributed by atoms with Crippen molar-refractivity contribution in [2.24, 2.45) is 11.8 Å². The second-order valence-corrected chi connectivity index (χ2v) is 7.56. The van der Waals surface area contributed by atoms with E-state index >= 15 is 0 Å². The van der Waals surface area contributed by atoms with Crippen molar-refractivity contribution in [1.82, 2.24) is 14.5 Å². The smallest absolute Gasteiger partial charge is 0.331 e. The third-order valence-corrected chi connectivity index (χ3v) is 5.63. The molecule has 4 aromatic rings. The van der Waals surface area contributed by atoms with E-state index in [0.29, 0.717) is 23.6 Å². The monoisotopic (exact) mass is 398 g/mol. The van der Waals surface area contributed by atoms with E-state index in [2.05, 4.69) is 16.0 Å². The molecule has 0 radical (unpaired) electrons. The van der Waals surface area contributed by atoms with E-state index in [1.807, 2.05) is 30.3 Å². The number of nitrogens with two attached hydrogens (primary N) is 1. The fourth-order valence-electron chi connectivity index (χ4n) is 3.85. The highest BCUT2D eigenvalue weighted by molar-refractivity contribution is 6.00. The van der Waals surface area contributed by atoms with E-state index in [1.54, 1.807) is 29.9 Å². The number of amides is 1. The van der Waals surface area contributed by atoms with Gasteiger partial charge in [-0.05, 0) is 42.1 Å². The number of imidazole rings is 1. The van der Waals surface area contributed by atoms with Crippen LogP contribution < -0.4 is 16.3 Å². The number of pyridine rings is 1. The second kappa shape index (κ2) is 6.46. The maximum absolute atomic E-state index is 12.6. The van der Waals surface area contributed by atoms with E-state index < -0.39 is 0 Å². The molecule has 1 aliphatic carbocycles. The van der Waals surface area contributed by atoms with Crippen molar-refractivity contribution in [2.45, 2.75) is 6.42 Å². The number of carbonyl (C=O) groups is 1. The van der Waals surface area contributed by atoms with E-state index in [0.717, 1.165) is 21.8 Å². The number of para-hydroxylation sites is 2. The predicted octanol–water partition coefficient (Wildman–Crippen LogP) is 2.57. The molecule has 3 N–H and O–H groups in total. The first kappa shape index (κ1) is 17.9. The maximum Gasteiger partial charge on any atom is 0.331 e. The number of nitrogen functional groups attached to an aromatic ring is 1. The number of carbonyl (C=O) groups excluding carboxylic acids is 1. The number of benzene rings is 2. The Morgan fingerprint density at radius 3 is 2.90 bits per heavy atom. The lowest BCUT2D eigenvalue weighted by Crippen LogP contribution is -2.29. The fourth-order valence-corrected chi connectivity index (χ4v) is 3.85. The van der Waals surface area contributed by atoms with E-state index in [-0.39, 0.29) is 23.4 Å². The highest BCUT2D eigenvalue weighted by Gasteiger charge is 2.45. The van der Waals surface area contributed by atoms with Crippen LogP contribution in [0.3, 0.4) is 0 Å². The Hall–Kier alpha value is -4.12. The Morgan fingerprint density at radius 1 is 1.33 bits per heavy atom. The first-order valence-electron chi connectivity index (χ1n) is 9.54. The van der Waals surface area contributed by atoms with Crippen molar-refractivity contribution in [2.75, 3.05) is 17.7 Å². The van der Waals surface area contributed by atoms with Crippen LogP contribution >= 0.6 is 0 Å². The van der Waals surface area contributed by atoms with Crippen LogP contribution in [0.1, 0.15) is 6.42 Å². The number of nitrogens with one attached hydrogen (secondary N) is 1. The normalized spacial score (nSPS) is 17.7. The van der Waals surface area contributed by atoms with Crippen LogP contribution in [0.25, 0.3) is 27.5 Å². The van der Waals surface area contributed by atoms with Crippen LogP contribution in [-0.4, -0.2) is 27.5 Å². The number of nitrogens with zero attached hydrogens (tertiary/aromatic N) is 4. The molecule has 0 saturated heterocycles. The third kappa shape index (κ3) is 2.71. The summed E-state index contributed by atoms with van der Waals surface area (Å²) in [7, 11) is 1.65. The summed E-state index contributed by atoms with van der Waals surface area (Å²) in [6, 6.07) is 14.9. The lowest BCUT2D eigenvalue weighted by Gasteiger charge is -2.17. The number of hydrogen-bond donors (Lipinski definition) is 2. The van der Waals surface area contributed by atoms with Gasteiger partial charge in [-0.2, -0.15) is 5.26 Å². The van der Waals surface area contributed by atoms with Crippen molar-refractivity contribution in [3.8, 4) is 11.8 Å². The molecular formula is C22H18N6O2. The summed E-state index contributed by atoms with van der Waals surface area (Å²) in [5, 5.41) is 10.5. The molecule has 30 heavy (non-hydrogen) atoms. The van der Waals surface area contributed by atoms with Gasteiger partial charge >= 0.3 is 5.69 Å². The summed E-state index contributed by atoms with van der Waals surface area (Å²) in [5.74, 6) is -0.126.